The van der Waals surface area contributed by atoms with Gasteiger partial charge in [0.05, 0.1) is 5.92 Å². The molecule has 0 saturated carbocycles. The summed E-state index contributed by atoms with van der Waals surface area (Å²) in [6.07, 6.45) is 1.76. The van der Waals surface area contributed by atoms with Crippen molar-refractivity contribution in [1.29, 1.82) is 0 Å². The van der Waals surface area contributed by atoms with E-state index in [1.165, 1.54) is 35.5 Å². The highest BCUT2D eigenvalue weighted by molar-refractivity contribution is 8.00. The molecule has 26 heavy (non-hydrogen) atoms. The largest absolute Gasteiger partial charge is 0.312 e. The number of piperidine rings is 2. The molecule has 0 unspecified atom stereocenters. The van der Waals surface area contributed by atoms with Crippen LogP contribution in [0.2, 0.25) is 0 Å². The van der Waals surface area contributed by atoms with Gasteiger partial charge >= 0.3 is 0 Å². The van der Waals surface area contributed by atoms with Crippen LogP contribution in [-0.4, -0.2) is 58.8 Å². The SMILES string of the molecule is CS[C@]12[C@H]3C(=O)N(C)C(=O)[C@H]3[C@](C)(C(=O)N1C)C(=O)N2c1ccccc1. The summed E-state index contributed by atoms with van der Waals surface area (Å²) in [5.74, 6) is -3.43. The lowest BCUT2D eigenvalue weighted by atomic mass is 9.61. The van der Waals surface area contributed by atoms with E-state index in [0.717, 1.165) is 4.90 Å². The fourth-order valence-electron chi connectivity index (χ4n) is 4.73. The van der Waals surface area contributed by atoms with Gasteiger partial charge in [0.2, 0.25) is 23.6 Å². The highest BCUT2D eigenvalue weighted by atomic mass is 32.2. The molecule has 7 nitrogen and oxygen atoms in total. The van der Waals surface area contributed by atoms with Gasteiger partial charge < -0.3 is 4.90 Å². The van der Waals surface area contributed by atoms with Crippen LogP contribution in [0.25, 0.3) is 0 Å². The molecule has 0 aliphatic carbocycles. The number of amides is 4. The lowest BCUT2D eigenvalue weighted by molar-refractivity contribution is -0.178. The summed E-state index contributed by atoms with van der Waals surface area (Å²) in [4.78, 5) is 55.3. The van der Waals surface area contributed by atoms with Crippen LogP contribution in [0.5, 0.6) is 0 Å². The first kappa shape index (κ1) is 17.1. The molecular weight excluding hydrogens is 354 g/mol. The summed E-state index contributed by atoms with van der Waals surface area (Å²) in [6.45, 7) is 1.50. The van der Waals surface area contributed by atoms with E-state index in [0.29, 0.717) is 5.69 Å². The highest BCUT2D eigenvalue weighted by Gasteiger charge is 2.79. The van der Waals surface area contributed by atoms with Crippen molar-refractivity contribution in [2.45, 2.75) is 11.9 Å². The fraction of sp³-hybridized carbons (Fsp3) is 0.444. The van der Waals surface area contributed by atoms with E-state index in [4.69, 9.17) is 0 Å². The van der Waals surface area contributed by atoms with Gasteiger partial charge in [-0.05, 0) is 25.3 Å². The molecule has 2 bridgehead atoms. The van der Waals surface area contributed by atoms with Crippen LogP contribution in [0.15, 0.2) is 30.3 Å². The van der Waals surface area contributed by atoms with Crippen molar-refractivity contribution in [2.24, 2.45) is 17.3 Å². The Bertz CT molecular complexity index is 859. The summed E-state index contributed by atoms with van der Waals surface area (Å²) >= 11 is 1.24. The lowest BCUT2D eigenvalue weighted by Crippen LogP contribution is -2.82. The van der Waals surface area contributed by atoms with E-state index >= 15 is 0 Å². The number of anilines is 1. The second-order valence-electron chi connectivity index (χ2n) is 7.10. The molecule has 8 heteroatoms. The van der Waals surface area contributed by atoms with Gasteiger partial charge in [-0.2, -0.15) is 0 Å². The fourth-order valence-corrected chi connectivity index (χ4v) is 5.95. The maximum Gasteiger partial charge on any atom is 0.245 e. The topological polar surface area (TPSA) is 78.0 Å². The Labute approximate surface area is 155 Å². The molecule has 0 spiro atoms. The van der Waals surface area contributed by atoms with Crippen molar-refractivity contribution in [3.05, 3.63) is 30.3 Å². The number of rotatable bonds is 2. The summed E-state index contributed by atoms with van der Waals surface area (Å²) in [5.41, 5.74) is -0.991. The molecule has 0 N–H and O–H groups in total. The minimum absolute atomic E-state index is 0.353. The van der Waals surface area contributed by atoms with Crippen LogP contribution in [-0.2, 0) is 19.2 Å². The van der Waals surface area contributed by atoms with Gasteiger partial charge in [-0.1, -0.05) is 18.2 Å². The van der Waals surface area contributed by atoms with E-state index in [2.05, 4.69) is 0 Å². The van der Waals surface area contributed by atoms with Gasteiger partial charge in [0.15, 0.2) is 4.99 Å². The van der Waals surface area contributed by atoms with E-state index in [1.54, 1.807) is 37.6 Å². The third-order valence-electron chi connectivity index (χ3n) is 6.07. The van der Waals surface area contributed by atoms with Crippen molar-refractivity contribution in [2.75, 3.05) is 25.3 Å². The number of carbonyl (C=O) groups is 4. The smallest absolute Gasteiger partial charge is 0.245 e. The third kappa shape index (κ3) is 1.57. The molecule has 4 saturated heterocycles. The Hall–Kier alpha value is -2.35. The van der Waals surface area contributed by atoms with Gasteiger partial charge in [0, 0.05) is 19.8 Å². The average Bonchev–Trinajstić information content (AvgIpc) is 2.88. The zero-order valence-electron chi connectivity index (χ0n) is 14.9. The molecule has 4 aliphatic rings. The number of fused-ring (bicyclic) bond motifs is 2. The molecule has 1 aromatic rings. The maximum atomic E-state index is 13.5. The number of nitrogens with zero attached hydrogens (tertiary/aromatic N) is 3. The molecule has 4 atom stereocenters. The number of imide groups is 1. The minimum atomic E-state index is -1.59. The molecule has 5 rings (SSSR count). The average molecular weight is 373 g/mol. The first-order valence-electron chi connectivity index (χ1n) is 8.29. The minimum Gasteiger partial charge on any atom is -0.312 e. The Kier molecular flexibility index (Phi) is 3.35. The van der Waals surface area contributed by atoms with Crippen LogP contribution in [0, 0.1) is 17.3 Å². The lowest BCUT2D eigenvalue weighted by Gasteiger charge is -2.63. The number of likely N-dealkylation sites (tertiary alicyclic amines) is 1. The van der Waals surface area contributed by atoms with Gasteiger partial charge in [-0.15, -0.1) is 11.8 Å². The molecule has 4 aliphatic heterocycles. The zero-order valence-corrected chi connectivity index (χ0v) is 15.7. The monoisotopic (exact) mass is 373 g/mol. The predicted molar refractivity (Wildman–Crippen MR) is 95.8 cm³/mol. The first-order chi connectivity index (χ1) is 12.2. The van der Waals surface area contributed by atoms with Crippen molar-refractivity contribution in [3.63, 3.8) is 0 Å². The van der Waals surface area contributed by atoms with E-state index in [1.807, 2.05) is 6.07 Å². The molecule has 4 fully saturated rings. The quantitative estimate of drug-likeness (QED) is 0.565. The summed E-state index contributed by atoms with van der Waals surface area (Å²) < 4.78 is 0. The Balaban J connectivity index is 2.05. The number of hydrogen-bond donors (Lipinski definition) is 0. The zero-order chi connectivity index (χ0) is 19.0. The Morgan fingerprint density at radius 3 is 2.08 bits per heavy atom. The van der Waals surface area contributed by atoms with Crippen LogP contribution in [0.4, 0.5) is 5.69 Å². The van der Waals surface area contributed by atoms with Crippen molar-refractivity contribution >= 4 is 41.1 Å². The number of thioether (sulfide) groups is 1. The van der Waals surface area contributed by atoms with Crippen molar-refractivity contribution in [1.82, 2.24) is 9.80 Å². The highest BCUT2D eigenvalue weighted by Crippen LogP contribution is 2.62. The molecule has 4 amide bonds. The molecule has 4 heterocycles. The number of para-hydroxylation sites is 1. The van der Waals surface area contributed by atoms with E-state index in [-0.39, 0.29) is 5.91 Å². The molecule has 1 aromatic carbocycles. The maximum absolute atomic E-state index is 13.5. The van der Waals surface area contributed by atoms with Crippen LogP contribution in [0.3, 0.4) is 0 Å². The van der Waals surface area contributed by atoms with Gasteiger partial charge in [0.25, 0.3) is 0 Å². The van der Waals surface area contributed by atoms with Crippen LogP contribution < -0.4 is 4.90 Å². The van der Waals surface area contributed by atoms with E-state index < -0.39 is 40.0 Å². The van der Waals surface area contributed by atoms with Crippen molar-refractivity contribution in [3.8, 4) is 0 Å². The van der Waals surface area contributed by atoms with E-state index in [9.17, 15) is 19.2 Å². The standard InChI is InChI=1S/C18H19N3O4S/c1-17-11-12(14(23)19(2)13(11)22)18(26-4,20(3)15(17)24)21(16(17)25)10-8-6-5-7-9-10/h5-9,11-12H,1-4H3/t11-,12+,17+,18+/m0/s1. The number of carbonyl (C=O) groups excluding carboxylic acids is 4. The Morgan fingerprint density at radius 2 is 1.50 bits per heavy atom. The van der Waals surface area contributed by atoms with Gasteiger partial charge in [-0.25, -0.2) is 0 Å². The van der Waals surface area contributed by atoms with Crippen LogP contribution in [0.1, 0.15) is 6.92 Å². The summed E-state index contributed by atoms with van der Waals surface area (Å²) in [6, 6.07) is 8.98. The second kappa shape index (κ2) is 5.09. The summed E-state index contributed by atoms with van der Waals surface area (Å²) in [5, 5.41) is 0. The summed E-state index contributed by atoms with van der Waals surface area (Å²) in [7, 11) is 3.02. The van der Waals surface area contributed by atoms with Gasteiger partial charge in [-0.3, -0.25) is 29.0 Å². The molecule has 0 aromatic heterocycles. The van der Waals surface area contributed by atoms with Gasteiger partial charge in [0.1, 0.15) is 11.3 Å². The number of hydrogen-bond acceptors (Lipinski definition) is 5. The van der Waals surface area contributed by atoms with Crippen LogP contribution >= 0.6 is 11.8 Å². The second-order valence-corrected chi connectivity index (χ2v) is 8.11. The number of benzene rings is 1. The molecule has 136 valence electrons. The Morgan fingerprint density at radius 1 is 0.923 bits per heavy atom. The molecule has 0 radical (unpaired) electrons. The normalized spacial score (nSPS) is 36.2. The first-order valence-corrected chi connectivity index (χ1v) is 9.51. The predicted octanol–water partition coefficient (Wildman–Crippen LogP) is 0.759. The third-order valence-corrected chi connectivity index (χ3v) is 7.38. The van der Waals surface area contributed by atoms with Crippen molar-refractivity contribution < 1.29 is 19.2 Å². The molecular formula is C18H19N3O4S.